The van der Waals surface area contributed by atoms with Crippen LogP contribution in [0.2, 0.25) is 0 Å². The normalized spacial score (nSPS) is 12.5. The molecule has 0 aliphatic rings. The molecule has 0 radical (unpaired) electrons. The van der Waals surface area contributed by atoms with Gasteiger partial charge in [0, 0.05) is 6.42 Å². The van der Waals surface area contributed by atoms with E-state index in [0.29, 0.717) is 0 Å². The Hall–Kier alpha value is -0.790. The number of carboxylic acid groups (broad SMARTS) is 1. The molecule has 0 heterocycles. The molecule has 0 saturated heterocycles. The molecule has 10 heavy (non-hydrogen) atoms. The van der Waals surface area contributed by atoms with Gasteiger partial charge >= 0.3 is 5.97 Å². The Morgan fingerprint density at radius 1 is 1.80 bits per heavy atom. The van der Waals surface area contributed by atoms with Gasteiger partial charge in [0.15, 0.2) is 0 Å². The second kappa shape index (κ2) is 5.03. The molecule has 0 aliphatic heterocycles. The molecule has 0 saturated carbocycles. The van der Waals surface area contributed by atoms with Crippen molar-refractivity contribution in [1.29, 1.82) is 0 Å². The zero-order valence-electron chi connectivity index (χ0n) is 6.34. The van der Waals surface area contributed by atoms with E-state index < -0.39 is 5.97 Å². The van der Waals surface area contributed by atoms with Crippen LogP contribution in [0.15, 0.2) is 12.7 Å². The van der Waals surface area contributed by atoms with E-state index in [2.05, 4.69) is 6.58 Å². The van der Waals surface area contributed by atoms with Gasteiger partial charge < -0.3 is 5.11 Å². The van der Waals surface area contributed by atoms with Crippen LogP contribution in [0, 0.1) is 5.92 Å². The fourth-order valence-corrected chi connectivity index (χ4v) is 0.803. The molecule has 1 atom stereocenters. The third-order valence-corrected chi connectivity index (χ3v) is 1.39. The molecule has 0 aromatic heterocycles. The molecular weight excluding hydrogens is 128 g/mol. The smallest absolute Gasteiger partial charge is 0.303 e. The standard InChI is InChI=1S/C8H14O2/c1-3-4-5-7(2)6-8(9)10/h3,7H,1,4-6H2,2H3,(H,9,10)/t7-/m1/s1. The monoisotopic (exact) mass is 142 g/mol. The number of hydrogen-bond donors (Lipinski definition) is 1. The van der Waals surface area contributed by atoms with E-state index in [4.69, 9.17) is 5.11 Å². The summed E-state index contributed by atoms with van der Waals surface area (Å²) in [5.74, 6) is -0.438. The molecule has 2 nitrogen and oxygen atoms in total. The predicted octanol–water partition coefficient (Wildman–Crippen LogP) is 2.06. The lowest BCUT2D eigenvalue weighted by molar-refractivity contribution is -0.138. The van der Waals surface area contributed by atoms with Crippen LogP contribution in [0.5, 0.6) is 0 Å². The van der Waals surface area contributed by atoms with Crippen LogP contribution in [-0.2, 0) is 4.79 Å². The second-order valence-corrected chi connectivity index (χ2v) is 2.57. The first-order valence-corrected chi connectivity index (χ1v) is 3.49. The van der Waals surface area contributed by atoms with Gasteiger partial charge in [-0.2, -0.15) is 0 Å². The fraction of sp³-hybridized carbons (Fsp3) is 0.625. The Labute approximate surface area is 61.6 Å². The summed E-state index contributed by atoms with van der Waals surface area (Å²) in [6.45, 7) is 5.51. The van der Waals surface area contributed by atoms with Crippen molar-refractivity contribution in [3.05, 3.63) is 12.7 Å². The Morgan fingerprint density at radius 3 is 2.80 bits per heavy atom. The third kappa shape index (κ3) is 5.35. The number of hydrogen-bond acceptors (Lipinski definition) is 1. The van der Waals surface area contributed by atoms with Crippen LogP contribution in [0.3, 0.4) is 0 Å². The summed E-state index contributed by atoms with van der Waals surface area (Å²) in [7, 11) is 0. The first-order chi connectivity index (χ1) is 4.66. The molecule has 58 valence electrons. The molecule has 0 aliphatic carbocycles. The summed E-state index contributed by atoms with van der Waals surface area (Å²) in [6.07, 6.45) is 3.93. The maximum atomic E-state index is 10.1. The summed E-state index contributed by atoms with van der Waals surface area (Å²) in [6, 6.07) is 0. The number of carboxylic acids is 1. The average Bonchev–Trinajstić information content (AvgIpc) is 1.82. The van der Waals surface area contributed by atoms with Crippen LogP contribution < -0.4 is 0 Å². The fourth-order valence-electron chi connectivity index (χ4n) is 0.803. The van der Waals surface area contributed by atoms with Crippen molar-refractivity contribution >= 4 is 5.97 Å². The minimum Gasteiger partial charge on any atom is -0.481 e. The van der Waals surface area contributed by atoms with Crippen LogP contribution in [0.1, 0.15) is 26.2 Å². The molecule has 0 unspecified atom stereocenters. The average molecular weight is 142 g/mol. The zero-order chi connectivity index (χ0) is 7.98. The topological polar surface area (TPSA) is 37.3 Å². The van der Waals surface area contributed by atoms with Gasteiger partial charge in [0.2, 0.25) is 0 Å². The molecule has 0 bridgehead atoms. The highest BCUT2D eigenvalue weighted by Crippen LogP contribution is 2.09. The molecule has 0 rings (SSSR count). The lowest BCUT2D eigenvalue weighted by atomic mass is 10.0. The van der Waals surface area contributed by atoms with E-state index in [-0.39, 0.29) is 12.3 Å². The van der Waals surface area contributed by atoms with Gasteiger partial charge in [-0.05, 0) is 18.8 Å². The Balaban J connectivity index is 3.33. The summed E-state index contributed by atoms with van der Waals surface area (Å²) in [4.78, 5) is 10.1. The molecule has 0 aromatic carbocycles. The molecule has 2 heteroatoms. The van der Waals surface area contributed by atoms with E-state index in [1.165, 1.54) is 0 Å². The van der Waals surface area contributed by atoms with Gasteiger partial charge in [0.05, 0.1) is 0 Å². The van der Waals surface area contributed by atoms with E-state index in [0.717, 1.165) is 12.8 Å². The summed E-state index contributed by atoms with van der Waals surface area (Å²) < 4.78 is 0. The van der Waals surface area contributed by atoms with E-state index >= 15 is 0 Å². The van der Waals surface area contributed by atoms with Crippen molar-refractivity contribution in [1.82, 2.24) is 0 Å². The SMILES string of the molecule is C=CCC[C@@H](C)CC(=O)O. The first kappa shape index (κ1) is 9.21. The van der Waals surface area contributed by atoms with E-state index in [1.54, 1.807) is 0 Å². The highest BCUT2D eigenvalue weighted by atomic mass is 16.4. The molecule has 0 spiro atoms. The van der Waals surface area contributed by atoms with Gasteiger partial charge in [0.25, 0.3) is 0 Å². The van der Waals surface area contributed by atoms with Crippen LogP contribution >= 0.6 is 0 Å². The lowest BCUT2D eigenvalue weighted by Crippen LogP contribution is -2.03. The highest BCUT2D eigenvalue weighted by molar-refractivity contribution is 5.66. The van der Waals surface area contributed by atoms with Gasteiger partial charge in [0.1, 0.15) is 0 Å². The van der Waals surface area contributed by atoms with Crippen molar-refractivity contribution in [2.24, 2.45) is 5.92 Å². The van der Waals surface area contributed by atoms with Gasteiger partial charge in [-0.3, -0.25) is 4.79 Å². The number of carbonyl (C=O) groups is 1. The quantitative estimate of drug-likeness (QED) is 0.596. The maximum Gasteiger partial charge on any atom is 0.303 e. The van der Waals surface area contributed by atoms with Crippen molar-refractivity contribution in [3.8, 4) is 0 Å². The van der Waals surface area contributed by atoms with E-state index in [1.807, 2.05) is 13.0 Å². The minimum atomic E-state index is -0.712. The van der Waals surface area contributed by atoms with Crippen LogP contribution in [0.4, 0.5) is 0 Å². The lowest BCUT2D eigenvalue weighted by Gasteiger charge is -2.04. The number of allylic oxidation sites excluding steroid dienone is 1. The molecule has 0 aromatic rings. The first-order valence-electron chi connectivity index (χ1n) is 3.49. The molecule has 0 fully saturated rings. The van der Waals surface area contributed by atoms with Crippen molar-refractivity contribution < 1.29 is 9.90 Å². The van der Waals surface area contributed by atoms with Crippen molar-refractivity contribution in [2.45, 2.75) is 26.2 Å². The Bertz CT molecular complexity index is 118. The Morgan fingerprint density at radius 2 is 2.40 bits per heavy atom. The Kier molecular flexibility index (Phi) is 4.63. The van der Waals surface area contributed by atoms with Gasteiger partial charge in [-0.15, -0.1) is 6.58 Å². The summed E-state index contributed by atoms with van der Waals surface area (Å²) in [5, 5.41) is 8.36. The number of rotatable bonds is 5. The van der Waals surface area contributed by atoms with Gasteiger partial charge in [-0.25, -0.2) is 0 Å². The number of aliphatic carboxylic acids is 1. The van der Waals surface area contributed by atoms with Crippen molar-refractivity contribution in [3.63, 3.8) is 0 Å². The minimum absolute atomic E-state index is 0.272. The van der Waals surface area contributed by atoms with Crippen LogP contribution in [0.25, 0.3) is 0 Å². The van der Waals surface area contributed by atoms with Gasteiger partial charge in [-0.1, -0.05) is 13.0 Å². The van der Waals surface area contributed by atoms with Crippen LogP contribution in [-0.4, -0.2) is 11.1 Å². The summed E-state index contributed by atoms with van der Waals surface area (Å²) >= 11 is 0. The van der Waals surface area contributed by atoms with E-state index in [9.17, 15) is 4.79 Å². The summed E-state index contributed by atoms with van der Waals surface area (Å²) in [5.41, 5.74) is 0. The largest absolute Gasteiger partial charge is 0.481 e. The third-order valence-electron chi connectivity index (χ3n) is 1.39. The molecule has 0 amide bonds. The molecular formula is C8H14O2. The maximum absolute atomic E-state index is 10.1. The second-order valence-electron chi connectivity index (χ2n) is 2.57. The zero-order valence-corrected chi connectivity index (χ0v) is 6.34. The van der Waals surface area contributed by atoms with Crippen molar-refractivity contribution in [2.75, 3.05) is 0 Å². The molecule has 1 N–H and O–H groups in total. The predicted molar refractivity (Wildman–Crippen MR) is 40.8 cm³/mol. The highest BCUT2D eigenvalue weighted by Gasteiger charge is 2.05.